The van der Waals surface area contributed by atoms with E-state index in [2.05, 4.69) is 29.1 Å². The third-order valence-electron chi connectivity index (χ3n) is 5.42. The van der Waals surface area contributed by atoms with Crippen LogP contribution < -0.4 is 5.32 Å². The first-order valence-electron chi connectivity index (χ1n) is 8.69. The number of rotatable bonds is 6. The average molecular weight is 381 g/mol. The number of nitrogens with zero attached hydrogens (tertiary/aromatic N) is 3. The van der Waals surface area contributed by atoms with Crippen molar-refractivity contribution in [3.8, 4) is 0 Å². The summed E-state index contributed by atoms with van der Waals surface area (Å²) in [7, 11) is 0. The Kier molecular flexibility index (Phi) is 4.75. The average Bonchev–Trinajstić information content (AvgIpc) is 2.89. The topological polar surface area (TPSA) is 89.3 Å². The summed E-state index contributed by atoms with van der Waals surface area (Å²) in [5.41, 5.74) is 0.217. The van der Waals surface area contributed by atoms with Gasteiger partial charge in [0, 0.05) is 23.7 Å². The quantitative estimate of drug-likeness (QED) is 0.591. The Morgan fingerprint density at radius 3 is 2.62 bits per heavy atom. The highest BCUT2D eigenvalue weighted by atomic mass is 35.5. The molecule has 2 heterocycles. The SMILES string of the molecule is CC1C(C)C1(Cn1c(C(=O)O)cc2cnc(Cl)nc21)NCOC(C)(C)C. The zero-order chi connectivity index (χ0) is 19.3. The van der Waals surface area contributed by atoms with Crippen LogP contribution in [0.25, 0.3) is 11.0 Å². The Morgan fingerprint density at radius 1 is 1.42 bits per heavy atom. The van der Waals surface area contributed by atoms with Gasteiger partial charge in [-0.05, 0) is 50.3 Å². The van der Waals surface area contributed by atoms with E-state index in [0.717, 1.165) is 0 Å². The van der Waals surface area contributed by atoms with Gasteiger partial charge in [0.25, 0.3) is 0 Å². The lowest BCUT2D eigenvalue weighted by atomic mass is 10.2. The van der Waals surface area contributed by atoms with Gasteiger partial charge in [0.05, 0.1) is 12.3 Å². The fourth-order valence-electron chi connectivity index (χ4n) is 3.53. The van der Waals surface area contributed by atoms with Crippen molar-refractivity contribution in [3.05, 3.63) is 23.2 Å². The summed E-state index contributed by atoms with van der Waals surface area (Å²) >= 11 is 5.94. The molecule has 0 amide bonds. The minimum absolute atomic E-state index is 0.101. The first-order chi connectivity index (χ1) is 12.0. The van der Waals surface area contributed by atoms with E-state index in [4.69, 9.17) is 16.3 Å². The number of fused-ring (bicyclic) bond motifs is 1. The van der Waals surface area contributed by atoms with Crippen LogP contribution >= 0.6 is 11.6 Å². The maximum absolute atomic E-state index is 11.7. The monoisotopic (exact) mass is 380 g/mol. The number of halogens is 1. The van der Waals surface area contributed by atoms with Crippen LogP contribution in [-0.4, -0.2) is 43.5 Å². The first kappa shape index (κ1) is 19.1. The van der Waals surface area contributed by atoms with E-state index in [-0.39, 0.29) is 22.1 Å². The Bertz CT molecular complexity index is 835. The van der Waals surface area contributed by atoms with Gasteiger partial charge in [-0.15, -0.1) is 0 Å². The van der Waals surface area contributed by atoms with Gasteiger partial charge >= 0.3 is 5.97 Å². The lowest BCUT2D eigenvalue weighted by molar-refractivity contribution is -0.0208. The molecule has 26 heavy (non-hydrogen) atoms. The second kappa shape index (κ2) is 6.48. The molecular formula is C18H25ClN4O3. The molecule has 0 bridgehead atoms. The van der Waals surface area contributed by atoms with Crippen LogP contribution in [0.3, 0.4) is 0 Å². The van der Waals surface area contributed by atoms with Crippen molar-refractivity contribution in [1.82, 2.24) is 19.9 Å². The molecule has 142 valence electrons. The third kappa shape index (κ3) is 3.43. The lowest BCUT2D eigenvalue weighted by Gasteiger charge is -2.26. The number of carboxylic acids is 1. The maximum Gasteiger partial charge on any atom is 0.352 e. The molecule has 0 spiro atoms. The largest absolute Gasteiger partial charge is 0.477 e. The van der Waals surface area contributed by atoms with Crippen LogP contribution in [0, 0.1) is 11.8 Å². The van der Waals surface area contributed by atoms with Crippen molar-refractivity contribution < 1.29 is 14.6 Å². The van der Waals surface area contributed by atoms with E-state index in [1.807, 2.05) is 20.8 Å². The van der Waals surface area contributed by atoms with Crippen LogP contribution in [0.15, 0.2) is 12.3 Å². The summed E-state index contributed by atoms with van der Waals surface area (Å²) < 4.78 is 7.54. The van der Waals surface area contributed by atoms with Crippen LogP contribution in [0.1, 0.15) is 45.1 Å². The minimum atomic E-state index is -0.999. The second-order valence-electron chi connectivity index (χ2n) is 8.03. The van der Waals surface area contributed by atoms with Crippen molar-refractivity contribution in [1.29, 1.82) is 0 Å². The molecule has 0 aromatic carbocycles. The van der Waals surface area contributed by atoms with E-state index in [1.54, 1.807) is 16.8 Å². The van der Waals surface area contributed by atoms with Crippen molar-refractivity contribution in [3.63, 3.8) is 0 Å². The molecule has 2 N–H and O–H groups in total. The van der Waals surface area contributed by atoms with E-state index in [1.165, 1.54) is 0 Å². The normalized spacial score (nSPS) is 25.6. The number of ether oxygens (including phenoxy) is 1. The Hall–Kier alpha value is -1.70. The first-order valence-corrected chi connectivity index (χ1v) is 9.07. The van der Waals surface area contributed by atoms with Crippen LogP contribution in [0.4, 0.5) is 0 Å². The number of aromatic carboxylic acids is 1. The molecule has 1 aliphatic rings. The molecule has 2 aromatic rings. The number of carboxylic acid groups (broad SMARTS) is 1. The fraction of sp³-hybridized carbons (Fsp3) is 0.611. The molecule has 2 atom stereocenters. The van der Waals surface area contributed by atoms with E-state index < -0.39 is 5.97 Å². The smallest absolute Gasteiger partial charge is 0.352 e. The number of nitrogens with one attached hydrogen (secondary N) is 1. The van der Waals surface area contributed by atoms with Crippen LogP contribution in [0.2, 0.25) is 5.28 Å². The Labute approximate surface area is 157 Å². The van der Waals surface area contributed by atoms with E-state index in [9.17, 15) is 9.90 Å². The molecule has 0 aliphatic heterocycles. The van der Waals surface area contributed by atoms with Gasteiger partial charge < -0.3 is 14.4 Å². The molecule has 0 saturated heterocycles. The number of aromatic nitrogens is 3. The summed E-state index contributed by atoms with van der Waals surface area (Å²) in [5.74, 6) is -0.244. The van der Waals surface area contributed by atoms with Gasteiger partial charge in [-0.2, -0.15) is 4.98 Å². The fourth-order valence-corrected chi connectivity index (χ4v) is 3.66. The van der Waals surface area contributed by atoms with Crippen LogP contribution in [0.5, 0.6) is 0 Å². The molecule has 3 rings (SSSR count). The Balaban J connectivity index is 1.94. The minimum Gasteiger partial charge on any atom is -0.477 e. The van der Waals surface area contributed by atoms with E-state index >= 15 is 0 Å². The number of hydrogen-bond donors (Lipinski definition) is 2. The molecule has 1 saturated carbocycles. The number of hydrogen-bond acceptors (Lipinski definition) is 5. The molecule has 1 fully saturated rings. The highest BCUT2D eigenvalue weighted by Gasteiger charge is 2.59. The standard InChI is InChI=1S/C18H25ClN4O3/c1-10-11(2)18(10,21-9-26-17(3,4)5)8-23-13(15(24)25)6-12-7-20-16(19)22-14(12)23/h6-7,10-11,21H,8-9H2,1-5H3,(H,24,25). The van der Waals surface area contributed by atoms with Crippen molar-refractivity contribution >= 4 is 28.6 Å². The predicted octanol–water partition coefficient (Wildman–Crippen LogP) is 3.17. The molecular weight excluding hydrogens is 356 g/mol. The zero-order valence-electron chi connectivity index (χ0n) is 15.7. The molecule has 0 radical (unpaired) electrons. The van der Waals surface area contributed by atoms with Gasteiger partial charge in [0.15, 0.2) is 0 Å². The van der Waals surface area contributed by atoms with Crippen molar-refractivity contribution in [2.75, 3.05) is 6.73 Å². The number of carbonyl (C=O) groups is 1. The predicted molar refractivity (Wildman–Crippen MR) is 99.4 cm³/mol. The highest BCUT2D eigenvalue weighted by molar-refractivity contribution is 6.28. The summed E-state index contributed by atoms with van der Waals surface area (Å²) in [6, 6.07) is 1.59. The third-order valence-corrected chi connectivity index (χ3v) is 5.60. The summed E-state index contributed by atoms with van der Waals surface area (Å²) in [4.78, 5) is 20.0. The van der Waals surface area contributed by atoms with Gasteiger partial charge in [0.2, 0.25) is 5.28 Å². The molecule has 8 heteroatoms. The van der Waals surface area contributed by atoms with Gasteiger partial charge in [-0.1, -0.05) is 13.8 Å². The second-order valence-corrected chi connectivity index (χ2v) is 8.37. The summed E-state index contributed by atoms with van der Waals surface area (Å²) in [6.07, 6.45) is 1.55. The molecule has 7 nitrogen and oxygen atoms in total. The van der Waals surface area contributed by atoms with Gasteiger partial charge in [-0.3, -0.25) is 5.32 Å². The lowest BCUT2D eigenvalue weighted by Crippen LogP contribution is -2.42. The van der Waals surface area contributed by atoms with Crippen LogP contribution in [-0.2, 0) is 11.3 Å². The van der Waals surface area contributed by atoms with Gasteiger partial charge in [0.1, 0.15) is 11.3 Å². The highest BCUT2D eigenvalue weighted by Crippen LogP contribution is 2.51. The maximum atomic E-state index is 11.7. The summed E-state index contributed by atoms with van der Waals surface area (Å²) in [6.45, 7) is 11.2. The summed E-state index contributed by atoms with van der Waals surface area (Å²) in [5, 5.41) is 13.9. The zero-order valence-corrected chi connectivity index (χ0v) is 16.5. The van der Waals surface area contributed by atoms with Crippen molar-refractivity contribution in [2.45, 2.75) is 52.3 Å². The van der Waals surface area contributed by atoms with Crippen molar-refractivity contribution in [2.24, 2.45) is 11.8 Å². The van der Waals surface area contributed by atoms with Gasteiger partial charge in [-0.25, -0.2) is 9.78 Å². The molecule has 2 aromatic heterocycles. The molecule has 1 aliphatic carbocycles. The molecule has 2 unspecified atom stereocenters. The van der Waals surface area contributed by atoms with E-state index in [0.29, 0.717) is 36.1 Å². The Morgan fingerprint density at radius 2 is 2.08 bits per heavy atom.